The SMILES string of the molecule is O=[N+]([O-])C1=CC(c2ccccc2)OC=C1. The monoisotopic (exact) mass is 203 g/mol. The van der Waals surface area contributed by atoms with Crippen LogP contribution in [0, 0.1) is 10.1 Å². The largest absolute Gasteiger partial charge is 0.489 e. The van der Waals surface area contributed by atoms with Crippen LogP contribution in [0.3, 0.4) is 0 Å². The highest BCUT2D eigenvalue weighted by molar-refractivity contribution is 5.26. The number of ether oxygens (including phenoxy) is 1. The molecule has 0 aromatic heterocycles. The molecular formula is C11H9NO3. The Balaban J connectivity index is 2.27. The summed E-state index contributed by atoms with van der Waals surface area (Å²) in [5.41, 5.74) is 0.969. The van der Waals surface area contributed by atoms with Gasteiger partial charge in [-0.15, -0.1) is 0 Å². The number of rotatable bonds is 2. The highest BCUT2D eigenvalue weighted by Gasteiger charge is 2.18. The summed E-state index contributed by atoms with van der Waals surface area (Å²) in [6.07, 6.45) is 3.83. The van der Waals surface area contributed by atoms with Crippen molar-refractivity contribution in [1.29, 1.82) is 0 Å². The molecule has 0 saturated carbocycles. The Morgan fingerprint density at radius 1 is 1.27 bits per heavy atom. The first-order valence-electron chi connectivity index (χ1n) is 4.50. The first kappa shape index (κ1) is 9.45. The van der Waals surface area contributed by atoms with Crippen LogP contribution >= 0.6 is 0 Å². The summed E-state index contributed by atoms with van der Waals surface area (Å²) in [6.45, 7) is 0. The van der Waals surface area contributed by atoms with Crippen LogP contribution in [-0.4, -0.2) is 4.92 Å². The van der Waals surface area contributed by atoms with Gasteiger partial charge in [-0.1, -0.05) is 30.3 Å². The van der Waals surface area contributed by atoms with Crippen molar-refractivity contribution in [2.75, 3.05) is 0 Å². The fourth-order valence-electron chi connectivity index (χ4n) is 1.38. The molecule has 1 aromatic rings. The fraction of sp³-hybridized carbons (Fsp3) is 0.0909. The van der Waals surface area contributed by atoms with Gasteiger partial charge in [0.15, 0.2) is 0 Å². The van der Waals surface area contributed by atoms with Gasteiger partial charge < -0.3 is 4.74 Å². The molecule has 1 atom stereocenters. The van der Waals surface area contributed by atoms with E-state index >= 15 is 0 Å². The number of nitro groups is 1. The molecule has 0 bridgehead atoms. The molecule has 0 N–H and O–H groups in total. The molecule has 0 fully saturated rings. The van der Waals surface area contributed by atoms with Crippen molar-refractivity contribution in [3.63, 3.8) is 0 Å². The summed E-state index contributed by atoms with van der Waals surface area (Å²) in [7, 11) is 0. The Morgan fingerprint density at radius 3 is 2.67 bits per heavy atom. The molecule has 0 aliphatic carbocycles. The average molecular weight is 203 g/mol. The van der Waals surface area contributed by atoms with Crippen molar-refractivity contribution in [3.8, 4) is 0 Å². The molecule has 0 radical (unpaired) electrons. The third kappa shape index (κ3) is 2.04. The lowest BCUT2D eigenvalue weighted by atomic mass is 10.1. The van der Waals surface area contributed by atoms with Gasteiger partial charge in [0.1, 0.15) is 6.10 Å². The molecule has 76 valence electrons. The molecule has 15 heavy (non-hydrogen) atoms. The minimum atomic E-state index is -0.422. The van der Waals surface area contributed by atoms with Gasteiger partial charge in [-0.05, 0) is 5.56 Å². The van der Waals surface area contributed by atoms with E-state index in [1.807, 2.05) is 30.3 Å². The van der Waals surface area contributed by atoms with Crippen LogP contribution in [0.15, 0.2) is 54.4 Å². The lowest BCUT2D eigenvalue weighted by molar-refractivity contribution is -0.420. The van der Waals surface area contributed by atoms with Gasteiger partial charge >= 0.3 is 0 Å². The maximum atomic E-state index is 10.6. The molecule has 1 heterocycles. The second-order valence-electron chi connectivity index (χ2n) is 3.12. The smallest absolute Gasteiger partial charge is 0.272 e. The normalized spacial score (nSPS) is 19.2. The lowest BCUT2D eigenvalue weighted by Crippen LogP contribution is -2.06. The predicted octanol–water partition coefficient (Wildman–Crippen LogP) is 2.43. The fourth-order valence-corrected chi connectivity index (χ4v) is 1.38. The minimum absolute atomic E-state index is 0.0649. The zero-order valence-electron chi connectivity index (χ0n) is 7.87. The topological polar surface area (TPSA) is 52.4 Å². The van der Waals surface area contributed by atoms with E-state index in [0.717, 1.165) is 5.56 Å². The maximum absolute atomic E-state index is 10.6. The second kappa shape index (κ2) is 3.96. The van der Waals surface area contributed by atoms with Crippen molar-refractivity contribution in [2.24, 2.45) is 0 Å². The number of hydrogen-bond acceptors (Lipinski definition) is 3. The molecule has 1 unspecified atom stereocenters. The molecule has 0 saturated heterocycles. The zero-order valence-corrected chi connectivity index (χ0v) is 7.87. The number of hydrogen-bond donors (Lipinski definition) is 0. The van der Waals surface area contributed by atoms with E-state index in [4.69, 9.17) is 4.74 Å². The number of nitrogens with zero attached hydrogens (tertiary/aromatic N) is 1. The maximum Gasteiger partial charge on any atom is 0.272 e. The molecule has 1 aromatic carbocycles. The van der Waals surface area contributed by atoms with E-state index in [1.165, 1.54) is 18.4 Å². The van der Waals surface area contributed by atoms with Gasteiger partial charge in [0.2, 0.25) is 0 Å². The zero-order chi connectivity index (χ0) is 10.7. The summed E-state index contributed by atoms with van der Waals surface area (Å²) in [6, 6.07) is 9.38. The molecule has 4 nitrogen and oxygen atoms in total. The molecule has 1 aliphatic heterocycles. The Hall–Kier alpha value is -2.10. The van der Waals surface area contributed by atoms with Gasteiger partial charge in [0.25, 0.3) is 5.70 Å². The van der Waals surface area contributed by atoms with Crippen molar-refractivity contribution < 1.29 is 9.66 Å². The van der Waals surface area contributed by atoms with E-state index in [1.54, 1.807) is 0 Å². The highest BCUT2D eigenvalue weighted by Crippen LogP contribution is 2.24. The van der Waals surface area contributed by atoms with Crippen LogP contribution in [0.4, 0.5) is 0 Å². The predicted molar refractivity (Wildman–Crippen MR) is 54.5 cm³/mol. The first-order chi connectivity index (χ1) is 7.27. The average Bonchev–Trinajstić information content (AvgIpc) is 2.30. The van der Waals surface area contributed by atoms with Gasteiger partial charge in [-0.25, -0.2) is 0 Å². The quantitative estimate of drug-likeness (QED) is 0.548. The van der Waals surface area contributed by atoms with Gasteiger partial charge in [0, 0.05) is 6.08 Å². The lowest BCUT2D eigenvalue weighted by Gasteiger charge is -2.15. The van der Waals surface area contributed by atoms with Crippen molar-refractivity contribution in [1.82, 2.24) is 0 Å². The van der Waals surface area contributed by atoms with E-state index in [2.05, 4.69) is 0 Å². The molecule has 0 amide bonds. The summed E-state index contributed by atoms with van der Waals surface area (Å²) in [5.74, 6) is 0. The van der Waals surface area contributed by atoms with E-state index in [9.17, 15) is 10.1 Å². The van der Waals surface area contributed by atoms with Crippen LogP contribution in [-0.2, 0) is 4.74 Å². The summed E-state index contributed by atoms with van der Waals surface area (Å²) in [4.78, 5) is 10.1. The van der Waals surface area contributed by atoms with Crippen LogP contribution in [0.2, 0.25) is 0 Å². The minimum Gasteiger partial charge on any atom is -0.489 e. The molecular weight excluding hydrogens is 194 g/mol. The first-order valence-corrected chi connectivity index (χ1v) is 4.50. The Morgan fingerprint density at radius 2 is 2.00 bits per heavy atom. The van der Waals surface area contributed by atoms with E-state index in [0.29, 0.717) is 0 Å². The standard InChI is InChI=1S/C11H9NO3/c13-12(14)10-6-7-15-11(8-10)9-4-2-1-3-5-9/h1-8,11H. The number of allylic oxidation sites excluding steroid dienone is 1. The van der Waals surface area contributed by atoms with Crippen LogP contribution in [0.5, 0.6) is 0 Å². The van der Waals surface area contributed by atoms with Crippen LogP contribution < -0.4 is 0 Å². The van der Waals surface area contributed by atoms with E-state index in [-0.39, 0.29) is 11.8 Å². The highest BCUT2D eigenvalue weighted by atomic mass is 16.6. The molecule has 4 heteroatoms. The van der Waals surface area contributed by atoms with Gasteiger partial charge in [-0.3, -0.25) is 10.1 Å². The van der Waals surface area contributed by atoms with Crippen molar-refractivity contribution in [3.05, 3.63) is 70.1 Å². The Kier molecular flexibility index (Phi) is 2.49. The molecule has 2 rings (SSSR count). The van der Waals surface area contributed by atoms with E-state index < -0.39 is 4.92 Å². The summed E-state index contributed by atoms with van der Waals surface area (Å²) < 4.78 is 5.28. The Labute approximate surface area is 86.6 Å². The van der Waals surface area contributed by atoms with Crippen molar-refractivity contribution >= 4 is 0 Å². The second-order valence-corrected chi connectivity index (χ2v) is 3.12. The van der Waals surface area contributed by atoms with Crippen LogP contribution in [0.1, 0.15) is 11.7 Å². The van der Waals surface area contributed by atoms with Gasteiger partial charge in [-0.2, -0.15) is 0 Å². The summed E-state index contributed by atoms with van der Waals surface area (Å²) in [5, 5.41) is 10.6. The number of benzene rings is 1. The molecule has 1 aliphatic rings. The van der Waals surface area contributed by atoms with Crippen LogP contribution in [0.25, 0.3) is 0 Å². The van der Waals surface area contributed by atoms with Crippen molar-refractivity contribution in [2.45, 2.75) is 6.10 Å². The summed E-state index contributed by atoms with van der Waals surface area (Å²) >= 11 is 0. The molecule has 0 spiro atoms. The third-order valence-corrected chi connectivity index (χ3v) is 2.13. The van der Waals surface area contributed by atoms with Gasteiger partial charge in [0.05, 0.1) is 17.3 Å². The Bertz CT molecular complexity index is 423. The third-order valence-electron chi connectivity index (χ3n) is 2.13.